The molecule has 3 nitrogen and oxygen atoms in total. The van der Waals surface area contributed by atoms with Crippen LogP contribution in [0.4, 0.5) is 11.4 Å². The van der Waals surface area contributed by atoms with E-state index in [0.29, 0.717) is 11.8 Å². The number of nitrogens with one attached hydrogen (secondary N) is 2. The van der Waals surface area contributed by atoms with Crippen molar-refractivity contribution < 1.29 is 4.79 Å². The highest BCUT2D eigenvalue weighted by molar-refractivity contribution is 8.00. The van der Waals surface area contributed by atoms with E-state index in [0.717, 1.165) is 22.7 Å². The number of anilines is 2. The zero-order valence-electron chi connectivity index (χ0n) is 11.7. The Morgan fingerprint density at radius 2 is 2.26 bits per heavy atom. The number of amides is 1. The molecule has 0 bridgehead atoms. The van der Waals surface area contributed by atoms with Crippen molar-refractivity contribution in [3.05, 3.63) is 18.2 Å². The zero-order chi connectivity index (χ0) is 13.7. The summed E-state index contributed by atoms with van der Waals surface area (Å²) < 4.78 is 0. The van der Waals surface area contributed by atoms with Gasteiger partial charge in [-0.05, 0) is 31.0 Å². The molecule has 2 N–H and O–H groups in total. The number of benzene rings is 1. The summed E-state index contributed by atoms with van der Waals surface area (Å²) in [4.78, 5) is 12.6. The first kappa shape index (κ1) is 14.3. The van der Waals surface area contributed by atoms with Crippen LogP contribution < -0.4 is 10.6 Å². The third-order valence-electron chi connectivity index (χ3n) is 3.38. The fraction of sp³-hybridized carbons (Fsp3) is 0.533. The number of carbonyl (C=O) groups is 1. The van der Waals surface area contributed by atoms with E-state index >= 15 is 0 Å². The largest absolute Gasteiger partial charge is 0.382 e. The van der Waals surface area contributed by atoms with Gasteiger partial charge in [-0.25, -0.2) is 0 Å². The predicted molar refractivity (Wildman–Crippen MR) is 83.0 cm³/mol. The Balaban J connectivity index is 2.04. The molecule has 4 heteroatoms. The predicted octanol–water partition coefficient (Wildman–Crippen LogP) is 4.11. The molecule has 0 saturated heterocycles. The number of fused-ring (bicyclic) bond motifs is 1. The van der Waals surface area contributed by atoms with E-state index in [2.05, 4.69) is 36.6 Å². The third kappa shape index (κ3) is 3.90. The van der Waals surface area contributed by atoms with Gasteiger partial charge in [0, 0.05) is 16.6 Å². The highest BCUT2D eigenvalue weighted by Gasteiger charge is 2.16. The Labute approximate surface area is 119 Å². The summed E-state index contributed by atoms with van der Waals surface area (Å²) in [6.45, 7) is 4.43. The van der Waals surface area contributed by atoms with Crippen LogP contribution in [-0.4, -0.2) is 17.7 Å². The van der Waals surface area contributed by atoms with Gasteiger partial charge in [0.05, 0.1) is 11.4 Å². The molecule has 0 saturated carbocycles. The molecule has 0 aliphatic carbocycles. The average molecular weight is 278 g/mol. The SMILES string of the molecule is CCCCC(CC)Nc1ccc2c(c1)NC(=O)CS2. The molecule has 0 aromatic heterocycles. The maximum absolute atomic E-state index is 11.4. The fourth-order valence-corrected chi connectivity index (χ4v) is 3.03. The van der Waals surface area contributed by atoms with Crippen LogP contribution in [0.5, 0.6) is 0 Å². The lowest BCUT2D eigenvalue weighted by Crippen LogP contribution is -2.20. The summed E-state index contributed by atoms with van der Waals surface area (Å²) in [5, 5.41) is 6.50. The number of hydrogen-bond donors (Lipinski definition) is 2. The van der Waals surface area contributed by atoms with E-state index in [1.807, 2.05) is 6.07 Å². The second-order valence-electron chi connectivity index (χ2n) is 4.94. The van der Waals surface area contributed by atoms with Crippen molar-refractivity contribution >= 4 is 29.0 Å². The normalized spacial score (nSPS) is 15.6. The van der Waals surface area contributed by atoms with Gasteiger partial charge >= 0.3 is 0 Å². The number of hydrogen-bond acceptors (Lipinski definition) is 3. The molecular formula is C15H22N2OS. The Kier molecular flexibility index (Phi) is 5.14. The summed E-state index contributed by atoms with van der Waals surface area (Å²) in [7, 11) is 0. The van der Waals surface area contributed by atoms with Gasteiger partial charge in [0.2, 0.25) is 5.91 Å². The van der Waals surface area contributed by atoms with Crippen molar-refractivity contribution in [2.24, 2.45) is 0 Å². The van der Waals surface area contributed by atoms with E-state index in [9.17, 15) is 4.79 Å². The van der Waals surface area contributed by atoms with Crippen LogP contribution in [0.1, 0.15) is 39.5 Å². The van der Waals surface area contributed by atoms with Crippen LogP contribution in [-0.2, 0) is 4.79 Å². The number of carbonyl (C=O) groups excluding carboxylic acids is 1. The van der Waals surface area contributed by atoms with Gasteiger partial charge in [0.25, 0.3) is 0 Å². The molecule has 0 fully saturated rings. The Hall–Kier alpha value is -1.16. The highest BCUT2D eigenvalue weighted by atomic mass is 32.2. The van der Waals surface area contributed by atoms with Crippen LogP contribution in [0.15, 0.2) is 23.1 Å². The summed E-state index contributed by atoms with van der Waals surface area (Å²) in [5.41, 5.74) is 2.04. The first-order valence-electron chi connectivity index (χ1n) is 7.06. The molecule has 1 aliphatic heterocycles. The lowest BCUT2D eigenvalue weighted by Gasteiger charge is -2.21. The van der Waals surface area contributed by atoms with E-state index in [1.54, 1.807) is 11.8 Å². The summed E-state index contributed by atoms with van der Waals surface area (Å²) in [6, 6.07) is 6.77. The molecule has 1 unspecified atom stereocenters. The second-order valence-corrected chi connectivity index (χ2v) is 5.96. The number of thioether (sulfide) groups is 1. The molecule has 19 heavy (non-hydrogen) atoms. The molecule has 2 rings (SSSR count). The minimum absolute atomic E-state index is 0.0904. The Morgan fingerprint density at radius 1 is 1.42 bits per heavy atom. The lowest BCUT2D eigenvalue weighted by molar-refractivity contribution is -0.113. The summed E-state index contributed by atoms with van der Waals surface area (Å²) >= 11 is 1.60. The molecule has 104 valence electrons. The van der Waals surface area contributed by atoms with E-state index in [4.69, 9.17) is 0 Å². The van der Waals surface area contributed by atoms with Gasteiger partial charge in [-0.1, -0.05) is 26.7 Å². The standard InChI is InChI=1S/C15H22N2OS/c1-3-5-6-11(4-2)16-12-7-8-14-13(9-12)17-15(18)10-19-14/h7-9,11,16H,3-6,10H2,1-2H3,(H,17,18). The molecule has 1 amide bonds. The summed E-state index contributed by atoms with van der Waals surface area (Å²) in [5.74, 6) is 0.612. The van der Waals surface area contributed by atoms with E-state index in [-0.39, 0.29) is 5.91 Å². The van der Waals surface area contributed by atoms with E-state index < -0.39 is 0 Å². The number of rotatable bonds is 6. The molecule has 1 aromatic rings. The van der Waals surface area contributed by atoms with Gasteiger partial charge in [0.1, 0.15) is 0 Å². The topological polar surface area (TPSA) is 41.1 Å². The first-order valence-corrected chi connectivity index (χ1v) is 8.04. The van der Waals surface area contributed by atoms with Gasteiger partial charge in [0.15, 0.2) is 0 Å². The quantitative estimate of drug-likeness (QED) is 0.822. The Bertz CT molecular complexity index is 448. The monoisotopic (exact) mass is 278 g/mol. The molecular weight excluding hydrogens is 256 g/mol. The zero-order valence-corrected chi connectivity index (χ0v) is 12.5. The Morgan fingerprint density at radius 3 is 3.00 bits per heavy atom. The van der Waals surface area contributed by atoms with Crippen molar-refractivity contribution in [3.8, 4) is 0 Å². The lowest BCUT2D eigenvalue weighted by atomic mass is 10.1. The molecule has 1 aromatic carbocycles. The minimum atomic E-state index is 0.0904. The smallest absolute Gasteiger partial charge is 0.234 e. The molecule has 1 heterocycles. The van der Waals surface area contributed by atoms with Crippen molar-refractivity contribution in [3.63, 3.8) is 0 Å². The molecule has 1 aliphatic rings. The third-order valence-corrected chi connectivity index (χ3v) is 4.46. The van der Waals surface area contributed by atoms with Gasteiger partial charge in [-0.3, -0.25) is 4.79 Å². The van der Waals surface area contributed by atoms with Crippen LogP contribution in [0.3, 0.4) is 0 Å². The maximum Gasteiger partial charge on any atom is 0.234 e. The van der Waals surface area contributed by atoms with E-state index in [1.165, 1.54) is 19.3 Å². The fourth-order valence-electron chi connectivity index (χ4n) is 2.24. The summed E-state index contributed by atoms with van der Waals surface area (Å²) in [6.07, 6.45) is 4.81. The van der Waals surface area contributed by atoms with Crippen molar-refractivity contribution in [1.82, 2.24) is 0 Å². The van der Waals surface area contributed by atoms with Crippen molar-refractivity contribution in [1.29, 1.82) is 0 Å². The van der Waals surface area contributed by atoms with Crippen LogP contribution >= 0.6 is 11.8 Å². The maximum atomic E-state index is 11.4. The highest BCUT2D eigenvalue weighted by Crippen LogP contribution is 2.33. The van der Waals surface area contributed by atoms with Gasteiger partial charge in [-0.2, -0.15) is 0 Å². The van der Waals surface area contributed by atoms with Crippen LogP contribution in [0.25, 0.3) is 0 Å². The second kappa shape index (κ2) is 6.85. The minimum Gasteiger partial charge on any atom is -0.382 e. The number of unbranched alkanes of at least 4 members (excludes halogenated alkanes) is 1. The van der Waals surface area contributed by atoms with Gasteiger partial charge in [-0.15, -0.1) is 11.8 Å². The van der Waals surface area contributed by atoms with Crippen LogP contribution in [0, 0.1) is 0 Å². The molecule has 0 spiro atoms. The van der Waals surface area contributed by atoms with Gasteiger partial charge < -0.3 is 10.6 Å². The average Bonchev–Trinajstić information content (AvgIpc) is 2.43. The van der Waals surface area contributed by atoms with Crippen molar-refractivity contribution in [2.75, 3.05) is 16.4 Å². The molecule has 0 radical (unpaired) electrons. The first-order chi connectivity index (χ1) is 9.22. The van der Waals surface area contributed by atoms with Crippen molar-refractivity contribution in [2.45, 2.75) is 50.5 Å². The van der Waals surface area contributed by atoms with Crippen LogP contribution in [0.2, 0.25) is 0 Å². The molecule has 1 atom stereocenters.